The van der Waals surface area contributed by atoms with Gasteiger partial charge in [0.05, 0.1) is 7.11 Å². The summed E-state index contributed by atoms with van der Waals surface area (Å²) in [4.78, 5) is 10.9. The first-order valence-electron chi connectivity index (χ1n) is 5.98. The van der Waals surface area contributed by atoms with Gasteiger partial charge >= 0.3 is 6.09 Å². The normalized spacial score (nSPS) is 13.5. The van der Waals surface area contributed by atoms with Crippen LogP contribution in [0.4, 0.5) is 4.79 Å². The molecule has 106 valence electrons. The first kappa shape index (κ1) is 13.8. The molecular weight excluding hydrogens is 262 g/mol. The Kier molecular flexibility index (Phi) is 4.14. The van der Waals surface area contributed by atoms with Crippen molar-refractivity contribution < 1.29 is 14.6 Å². The summed E-state index contributed by atoms with van der Waals surface area (Å²) in [7, 11) is 1.59. The minimum absolute atomic E-state index is 0.158. The van der Waals surface area contributed by atoms with Crippen LogP contribution in [0.1, 0.15) is 30.3 Å². The highest BCUT2D eigenvalue weighted by Gasteiger charge is 2.26. The molecule has 0 aliphatic carbocycles. The summed E-state index contributed by atoms with van der Waals surface area (Å²) < 4.78 is 5.10. The van der Waals surface area contributed by atoms with E-state index in [1.165, 1.54) is 0 Å². The van der Waals surface area contributed by atoms with Crippen LogP contribution in [-0.2, 0) is 0 Å². The maximum Gasteiger partial charge on any atom is 0.405 e. The van der Waals surface area contributed by atoms with Gasteiger partial charge < -0.3 is 15.2 Å². The number of tetrazole rings is 1. The Morgan fingerprint density at radius 1 is 1.40 bits per heavy atom. The number of aromatic nitrogens is 4. The van der Waals surface area contributed by atoms with Gasteiger partial charge in [0, 0.05) is 5.92 Å². The van der Waals surface area contributed by atoms with E-state index in [4.69, 9.17) is 9.84 Å². The standard InChI is InChI=1S/C12H15N5O3/c1-7(8-3-5-9(20-2)6-4-8)10(13-12(18)19)11-14-16-17-15-11/h3-7,10,13H,1-2H3,(H,18,19)(H,14,15,16,17)/t7-,10+/m1/s1. The van der Waals surface area contributed by atoms with Gasteiger partial charge in [0.15, 0.2) is 5.82 Å². The van der Waals surface area contributed by atoms with E-state index in [0.29, 0.717) is 5.82 Å². The van der Waals surface area contributed by atoms with Gasteiger partial charge in [-0.1, -0.05) is 24.3 Å². The number of carbonyl (C=O) groups is 1. The lowest BCUT2D eigenvalue weighted by atomic mass is 9.93. The lowest BCUT2D eigenvalue weighted by Gasteiger charge is -2.21. The monoisotopic (exact) mass is 277 g/mol. The number of carboxylic acid groups (broad SMARTS) is 1. The van der Waals surface area contributed by atoms with Gasteiger partial charge in [0.25, 0.3) is 0 Å². The molecule has 0 bridgehead atoms. The van der Waals surface area contributed by atoms with Crippen LogP contribution in [0.5, 0.6) is 5.75 Å². The maximum absolute atomic E-state index is 10.9. The molecule has 0 saturated heterocycles. The third-order valence-electron chi connectivity index (χ3n) is 3.06. The molecule has 3 N–H and O–H groups in total. The molecule has 0 aliphatic heterocycles. The number of benzene rings is 1. The van der Waals surface area contributed by atoms with Crippen LogP contribution in [0.25, 0.3) is 0 Å². The van der Waals surface area contributed by atoms with Gasteiger partial charge in [0.2, 0.25) is 0 Å². The van der Waals surface area contributed by atoms with Crippen LogP contribution in [0, 0.1) is 0 Å². The molecule has 8 heteroatoms. The second kappa shape index (κ2) is 6.00. The second-order valence-corrected chi connectivity index (χ2v) is 4.26. The van der Waals surface area contributed by atoms with Crippen molar-refractivity contribution in [2.75, 3.05) is 7.11 Å². The number of hydrogen-bond donors (Lipinski definition) is 3. The van der Waals surface area contributed by atoms with Crippen molar-refractivity contribution >= 4 is 6.09 Å². The molecule has 0 radical (unpaired) electrons. The number of nitrogens with one attached hydrogen (secondary N) is 2. The zero-order chi connectivity index (χ0) is 14.5. The molecule has 2 rings (SSSR count). The zero-order valence-electron chi connectivity index (χ0n) is 11.1. The summed E-state index contributed by atoms with van der Waals surface area (Å²) in [6, 6.07) is 6.81. The molecule has 0 unspecified atom stereocenters. The van der Waals surface area contributed by atoms with Gasteiger partial charge in [-0.05, 0) is 17.7 Å². The Balaban J connectivity index is 2.25. The lowest BCUT2D eigenvalue weighted by molar-refractivity contribution is 0.187. The molecule has 1 aromatic carbocycles. The molecule has 1 heterocycles. The van der Waals surface area contributed by atoms with Gasteiger partial charge in [-0.3, -0.25) is 0 Å². The van der Waals surface area contributed by atoms with E-state index >= 15 is 0 Å². The largest absolute Gasteiger partial charge is 0.497 e. The molecule has 0 spiro atoms. The van der Waals surface area contributed by atoms with Gasteiger partial charge in [-0.25, -0.2) is 4.79 Å². The van der Waals surface area contributed by atoms with Crippen molar-refractivity contribution in [1.29, 1.82) is 0 Å². The van der Waals surface area contributed by atoms with Crippen molar-refractivity contribution in [3.63, 3.8) is 0 Å². The topological polar surface area (TPSA) is 113 Å². The Morgan fingerprint density at radius 3 is 2.60 bits per heavy atom. The molecule has 0 saturated carbocycles. The fraction of sp³-hybridized carbons (Fsp3) is 0.333. The van der Waals surface area contributed by atoms with E-state index in [-0.39, 0.29) is 5.92 Å². The third-order valence-corrected chi connectivity index (χ3v) is 3.06. The average Bonchev–Trinajstić information content (AvgIpc) is 2.98. The predicted octanol–water partition coefficient (Wildman–Crippen LogP) is 1.32. The Morgan fingerprint density at radius 2 is 2.10 bits per heavy atom. The molecule has 1 aromatic heterocycles. The Hall–Kier alpha value is -2.64. The van der Waals surface area contributed by atoms with Crippen LogP contribution in [0.15, 0.2) is 24.3 Å². The fourth-order valence-corrected chi connectivity index (χ4v) is 1.95. The molecule has 1 amide bonds. The van der Waals surface area contributed by atoms with Crippen LogP contribution >= 0.6 is 0 Å². The summed E-state index contributed by atoms with van der Waals surface area (Å²) in [6.45, 7) is 1.89. The number of rotatable bonds is 5. The van der Waals surface area contributed by atoms with Gasteiger partial charge in [0.1, 0.15) is 11.8 Å². The molecular formula is C12H15N5O3. The molecule has 0 fully saturated rings. The van der Waals surface area contributed by atoms with Crippen molar-refractivity contribution in [3.05, 3.63) is 35.7 Å². The number of amides is 1. The quantitative estimate of drug-likeness (QED) is 0.759. The highest BCUT2D eigenvalue weighted by atomic mass is 16.5. The predicted molar refractivity (Wildman–Crippen MR) is 69.5 cm³/mol. The van der Waals surface area contributed by atoms with Crippen molar-refractivity contribution in [3.8, 4) is 5.75 Å². The molecule has 8 nitrogen and oxygen atoms in total. The summed E-state index contributed by atoms with van der Waals surface area (Å²) in [5, 5.41) is 24.8. The smallest absolute Gasteiger partial charge is 0.405 e. The maximum atomic E-state index is 10.9. The van der Waals surface area contributed by atoms with Crippen LogP contribution in [0.2, 0.25) is 0 Å². The van der Waals surface area contributed by atoms with E-state index in [2.05, 4.69) is 25.9 Å². The number of nitrogens with zero attached hydrogens (tertiary/aromatic N) is 3. The lowest BCUT2D eigenvalue weighted by Crippen LogP contribution is -2.31. The Bertz CT molecular complexity index is 555. The second-order valence-electron chi connectivity index (χ2n) is 4.26. The van der Waals surface area contributed by atoms with Gasteiger partial charge in [-0.15, -0.1) is 10.2 Å². The summed E-state index contributed by atoms with van der Waals surface area (Å²) >= 11 is 0. The van der Waals surface area contributed by atoms with Crippen LogP contribution in [-0.4, -0.2) is 38.9 Å². The number of hydrogen-bond acceptors (Lipinski definition) is 5. The van der Waals surface area contributed by atoms with E-state index < -0.39 is 12.1 Å². The minimum atomic E-state index is -1.14. The number of H-pyrrole nitrogens is 1. The third kappa shape index (κ3) is 3.02. The van der Waals surface area contributed by atoms with Crippen LogP contribution < -0.4 is 10.1 Å². The highest BCUT2D eigenvalue weighted by Crippen LogP contribution is 2.29. The summed E-state index contributed by atoms with van der Waals surface area (Å²) in [5.41, 5.74) is 0.939. The first-order chi connectivity index (χ1) is 9.61. The summed E-state index contributed by atoms with van der Waals surface area (Å²) in [5.74, 6) is 0.883. The average molecular weight is 277 g/mol. The van der Waals surface area contributed by atoms with E-state index in [1.54, 1.807) is 7.11 Å². The number of methoxy groups -OCH3 is 1. The van der Waals surface area contributed by atoms with E-state index in [0.717, 1.165) is 11.3 Å². The first-order valence-corrected chi connectivity index (χ1v) is 5.98. The van der Waals surface area contributed by atoms with Crippen molar-refractivity contribution in [1.82, 2.24) is 25.9 Å². The fourth-order valence-electron chi connectivity index (χ4n) is 1.95. The van der Waals surface area contributed by atoms with Gasteiger partial charge in [-0.2, -0.15) is 5.21 Å². The zero-order valence-corrected chi connectivity index (χ0v) is 11.1. The molecule has 2 aromatic rings. The molecule has 0 aliphatic rings. The minimum Gasteiger partial charge on any atom is -0.497 e. The number of ether oxygens (including phenoxy) is 1. The SMILES string of the molecule is COc1ccc([C@@H](C)[C@H](NC(=O)O)c2nn[nH]n2)cc1. The van der Waals surface area contributed by atoms with E-state index in [9.17, 15) is 4.79 Å². The van der Waals surface area contributed by atoms with E-state index in [1.807, 2.05) is 31.2 Å². The highest BCUT2D eigenvalue weighted by molar-refractivity contribution is 5.65. The Labute approximate surface area is 115 Å². The van der Waals surface area contributed by atoms with Crippen molar-refractivity contribution in [2.24, 2.45) is 0 Å². The van der Waals surface area contributed by atoms with Crippen molar-refractivity contribution in [2.45, 2.75) is 18.9 Å². The van der Waals surface area contributed by atoms with Crippen LogP contribution in [0.3, 0.4) is 0 Å². The molecule has 2 atom stereocenters. The molecule has 20 heavy (non-hydrogen) atoms. The number of aromatic amines is 1. The summed E-state index contributed by atoms with van der Waals surface area (Å²) in [6.07, 6.45) is -1.14.